The second kappa shape index (κ2) is 10.5. The molecule has 32 heavy (non-hydrogen) atoms. The fourth-order valence-electron chi connectivity index (χ4n) is 3.29. The van der Waals surface area contributed by atoms with Crippen molar-refractivity contribution < 1.29 is 23.8 Å². The first kappa shape index (κ1) is 22.9. The molecule has 0 radical (unpaired) electrons. The van der Waals surface area contributed by atoms with Crippen LogP contribution in [0.1, 0.15) is 32.9 Å². The SMILES string of the molecule is COC(=O)COc1ccc(C(=O)NCc2c(C)nn(Cc3ccccc3)c2C)cc1OC. The van der Waals surface area contributed by atoms with Gasteiger partial charge in [-0.05, 0) is 37.6 Å². The van der Waals surface area contributed by atoms with Gasteiger partial charge in [0.15, 0.2) is 18.1 Å². The summed E-state index contributed by atoms with van der Waals surface area (Å²) in [6.45, 7) is 4.72. The number of aromatic nitrogens is 2. The zero-order valence-electron chi connectivity index (χ0n) is 18.7. The smallest absolute Gasteiger partial charge is 0.343 e. The van der Waals surface area contributed by atoms with Crippen LogP contribution in [0.5, 0.6) is 11.5 Å². The van der Waals surface area contributed by atoms with Gasteiger partial charge in [0.05, 0.1) is 26.5 Å². The number of nitrogens with zero attached hydrogens (tertiary/aromatic N) is 2. The van der Waals surface area contributed by atoms with Gasteiger partial charge in [0.2, 0.25) is 0 Å². The fraction of sp³-hybridized carbons (Fsp3) is 0.292. The highest BCUT2D eigenvalue weighted by atomic mass is 16.6. The van der Waals surface area contributed by atoms with Crippen LogP contribution in [0, 0.1) is 13.8 Å². The van der Waals surface area contributed by atoms with Gasteiger partial charge in [-0.3, -0.25) is 9.48 Å². The summed E-state index contributed by atoms with van der Waals surface area (Å²) in [5, 5.41) is 7.57. The second-order valence-corrected chi connectivity index (χ2v) is 7.21. The first-order valence-electron chi connectivity index (χ1n) is 10.2. The highest BCUT2D eigenvalue weighted by Crippen LogP contribution is 2.28. The number of carbonyl (C=O) groups is 2. The van der Waals surface area contributed by atoms with E-state index in [1.54, 1.807) is 18.2 Å². The maximum Gasteiger partial charge on any atom is 0.343 e. The fourth-order valence-corrected chi connectivity index (χ4v) is 3.29. The van der Waals surface area contributed by atoms with Crippen molar-refractivity contribution in [2.75, 3.05) is 20.8 Å². The Bertz CT molecular complexity index is 1090. The van der Waals surface area contributed by atoms with E-state index < -0.39 is 5.97 Å². The minimum absolute atomic E-state index is 0.246. The summed E-state index contributed by atoms with van der Waals surface area (Å²) in [6.07, 6.45) is 0. The normalized spacial score (nSPS) is 10.5. The predicted molar refractivity (Wildman–Crippen MR) is 119 cm³/mol. The average Bonchev–Trinajstić information content (AvgIpc) is 3.08. The van der Waals surface area contributed by atoms with E-state index in [4.69, 9.17) is 9.47 Å². The van der Waals surface area contributed by atoms with Crippen molar-refractivity contribution in [2.24, 2.45) is 0 Å². The Balaban J connectivity index is 1.67. The van der Waals surface area contributed by atoms with Crippen molar-refractivity contribution in [3.8, 4) is 11.5 Å². The first-order chi connectivity index (χ1) is 15.4. The summed E-state index contributed by atoms with van der Waals surface area (Å²) >= 11 is 0. The van der Waals surface area contributed by atoms with Crippen LogP contribution in [0.2, 0.25) is 0 Å². The van der Waals surface area contributed by atoms with Gasteiger partial charge in [0.1, 0.15) is 0 Å². The lowest BCUT2D eigenvalue weighted by Gasteiger charge is -2.12. The largest absolute Gasteiger partial charge is 0.493 e. The quantitative estimate of drug-likeness (QED) is 0.518. The molecule has 0 saturated carbocycles. The van der Waals surface area contributed by atoms with E-state index in [0.29, 0.717) is 30.2 Å². The number of rotatable bonds is 9. The molecule has 1 heterocycles. The zero-order valence-corrected chi connectivity index (χ0v) is 18.7. The highest BCUT2D eigenvalue weighted by molar-refractivity contribution is 5.94. The number of methoxy groups -OCH3 is 2. The van der Waals surface area contributed by atoms with Crippen molar-refractivity contribution >= 4 is 11.9 Å². The van der Waals surface area contributed by atoms with Crippen LogP contribution in [0.4, 0.5) is 0 Å². The summed E-state index contributed by atoms with van der Waals surface area (Å²) in [5.74, 6) is -0.0576. The van der Waals surface area contributed by atoms with E-state index in [-0.39, 0.29) is 12.5 Å². The number of ether oxygens (including phenoxy) is 3. The molecule has 3 aromatic rings. The van der Waals surface area contributed by atoms with Crippen LogP contribution in [0.25, 0.3) is 0 Å². The van der Waals surface area contributed by atoms with Crippen LogP contribution in [0.15, 0.2) is 48.5 Å². The topological polar surface area (TPSA) is 91.7 Å². The summed E-state index contributed by atoms with van der Waals surface area (Å²) < 4.78 is 17.2. The molecule has 1 N–H and O–H groups in total. The van der Waals surface area contributed by atoms with E-state index in [0.717, 1.165) is 22.5 Å². The molecule has 0 aliphatic carbocycles. The van der Waals surface area contributed by atoms with Crippen molar-refractivity contribution in [1.29, 1.82) is 0 Å². The first-order valence-corrected chi connectivity index (χ1v) is 10.2. The molecule has 8 nitrogen and oxygen atoms in total. The van der Waals surface area contributed by atoms with Gasteiger partial charge < -0.3 is 19.5 Å². The average molecular weight is 437 g/mol. The second-order valence-electron chi connectivity index (χ2n) is 7.21. The Labute approximate surface area is 187 Å². The Morgan fingerprint density at radius 2 is 1.78 bits per heavy atom. The lowest BCUT2D eigenvalue weighted by atomic mass is 10.1. The summed E-state index contributed by atoms with van der Waals surface area (Å²) in [4.78, 5) is 24.0. The van der Waals surface area contributed by atoms with Crippen LogP contribution in [-0.4, -0.2) is 42.5 Å². The van der Waals surface area contributed by atoms with E-state index in [1.165, 1.54) is 14.2 Å². The molecule has 8 heteroatoms. The number of nitrogens with one attached hydrogen (secondary N) is 1. The van der Waals surface area contributed by atoms with Gasteiger partial charge in [-0.15, -0.1) is 0 Å². The number of esters is 1. The molecule has 1 amide bonds. The maximum atomic E-state index is 12.7. The zero-order chi connectivity index (χ0) is 23.1. The van der Waals surface area contributed by atoms with Gasteiger partial charge in [-0.1, -0.05) is 30.3 Å². The molecular weight excluding hydrogens is 410 g/mol. The van der Waals surface area contributed by atoms with E-state index >= 15 is 0 Å². The summed E-state index contributed by atoms with van der Waals surface area (Å²) in [5.41, 5.74) is 4.45. The van der Waals surface area contributed by atoms with Gasteiger partial charge in [-0.2, -0.15) is 5.10 Å². The molecule has 0 aliphatic heterocycles. The Morgan fingerprint density at radius 3 is 2.47 bits per heavy atom. The third-order valence-electron chi connectivity index (χ3n) is 5.13. The van der Waals surface area contributed by atoms with Crippen LogP contribution < -0.4 is 14.8 Å². The molecular formula is C24H27N3O5. The number of amides is 1. The monoisotopic (exact) mass is 437 g/mol. The van der Waals surface area contributed by atoms with Crippen molar-refractivity contribution in [2.45, 2.75) is 26.9 Å². The molecule has 0 bridgehead atoms. The number of aryl methyl sites for hydroxylation is 1. The minimum atomic E-state index is -0.507. The lowest BCUT2D eigenvalue weighted by Crippen LogP contribution is -2.23. The number of hydrogen-bond donors (Lipinski definition) is 1. The molecule has 0 fully saturated rings. The minimum Gasteiger partial charge on any atom is -0.493 e. The van der Waals surface area contributed by atoms with Crippen molar-refractivity contribution in [1.82, 2.24) is 15.1 Å². The molecule has 1 aromatic heterocycles. The van der Waals surface area contributed by atoms with E-state index in [2.05, 4.69) is 27.3 Å². The van der Waals surface area contributed by atoms with Crippen molar-refractivity contribution in [3.63, 3.8) is 0 Å². The van der Waals surface area contributed by atoms with E-state index in [1.807, 2.05) is 36.7 Å². The van der Waals surface area contributed by atoms with Gasteiger partial charge in [-0.25, -0.2) is 4.79 Å². The Hall–Kier alpha value is -3.81. The molecule has 2 aromatic carbocycles. The molecule has 0 saturated heterocycles. The number of hydrogen-bond acceptors (Lipinski definition) is 6. The summed E-state index contributed by atoms with van der Waals surface area (Å²) in [6, 6.07) is 14.9. The molecule has 0 spiro atoms. The van der Waals surface area contributed by atoms with E-state index in [9.17, 15) is 9.59 Å². The molecule has 3 rings (SSSR count). The van der Waals surface area contributed by atoms with Gasteiger partial charge >= 0.3 is 5.97 Å². The van der Waals surface area contributed by atoms with Crippen LogP contribution >= 0.6 is 0 Å². The summed E-state index contributed by atoms with van der Waals surface area (Å²) in [7, 11) is 2.75. The molecule has 0 aliphatic rings. The van der Waals surface area contributed by atoms with Crippen LogP contribution in [0.3, 0.4) is 0 Å². The third kappa shape index (κ3) is 5.46. The lowest BCUT2D eigenvalue weighted by molar-refractivity contribution is -0.142. The number of benzene rings is 2. The highest BCUT2D eigenvalue weighted by Gasteiger charge is 2.16. The van der Waals surface area contributed by atoms with Crippen molar-refractivity contribution in [3.05, 3.63) is 76.6 Å². The van der Waals surface area contributed by atoms with Crippen LogP contribution in [-0.2, 0) is 22.6 Å². The molecule has 0 atom stereocenters. The standard InChI is InChI=1S/C24H27N3O5/c1-16-20(17(2)27(26-16)14-18-8-6-5-7-9-18)13-25-24(29)19-10-11-21(22(12-19)30-3)32-15-23(28)31-4/h5-12H,13-15H2,1-4H3,(H,25,29). The third-order valence-corrected chi connectivity index (χ3v) is 5.13. The predicted octanol–water partition coefficient (Wildman–Crippen LogP) is 3.04. The Kier molecular flexibility index (Phi) is 7.49. The van der Waals surface area contributed by atoms with Gasteiger partial charge in [0, 0.05) is 23.4 Å². The maximum absolute atomic E-state index is 12.7. The number of carbonyl (C=O) groups excluding carboxylic acids is 2. The molecule has 168 valence electrons. The molecule has 0 unspecified atom stereocenters. The van der Waals surface area contributed by atoms with Gasteiger partial charge in [0.25, 0.3) is 5.91 Å². The Morgan fingerprint density at radius 1 is 1.03 bits per heavy atom.